The van der Waals surface area contributed by atoms with Crippen molar-refractivity contribution in [1.29, 1.82) is 0 Å². The minimum Gasteiger partial charge on any atom is -0.348 e. The maximum absolute atomic E-state index is 12.1. The number of carbonyl (C=O) groups excluding carboxylic acids is 1. The molecule has 0 atom stereocenters. The van der Waals surface area contributed by atoms with Crippen LogP contribution in [-0.2, 0) is 24.9 Å². The van der Waals surface area contributed by atoms with Gasteiger partial charge in [-0.1, -0.05) is 41.9 Å². The van der Waals surface area contributed by atoms with Gasteiger partial charge in [0.2, 0.25) is 5.91 Å². The van der Waals surface area contributed by atoms with Crippen molar-refractivity contribution in [3.05, 3.63) is 92.6 Å². The van der Waals surface area contributed by atoms with E-state index in [1.54, 1.807) is 34.6 Å². The van der Waals surface area contributed by atoms with Gasteiger partial charge in [-0.05, 0) is 30.2 Å². The van der Waals surface area contributed by atoms with Gasteiger partial charge in [0.05, 0.1) is 12.2 Å². The first kappa shape index (κ1) is 19.6. The number of nitrogens with one attached hydrogen (secondary N) is 1. The number of benzene rings is 1. The number of aryl methyl sites for hydroxylation is 2. The highest BCUT2D eigenvalue weighted by Gasteiger charge is 2.08. The summed E-state index contributed by atoms with van der Waals surface area (Å²) in [7, 11) is 1.75. The van der Waals surface area contributed by atoms with Gasteiger partial charge in [0, 0.05) is 37.5 Å². The molecule has 0 aliphatic rings. The summed E-state index contributed by atoms with van der Waals surface area (Å²) in [5.74, 6) is -0.209. The fourth-order valence-electron chi connectivity index (χ4n) is 2.79. The zero-order valence-corrected chi connectivity index (χ0v) is 16.5. The Balaban J connectivity index is 1.56. The minimum absolute atomic E-state index is 0.0328. The molecule has 7 heteroatoms. The number of nitrogens with zero attached hydrogens (tertiary/aromatic N) is 3. The van der Waals surface area contributed by atoms with Crippen molar-refractivity contribution in [2.45, 2.75) is 20.0 Å². The second-order valence-electron chi connectivity index (χ2n) is 6.45. The third-order valence-electron chi connectivity index (χ3n) is 4.34. The first-order valence-electron chi connectivity index (χ1n) is 8.82. The highest BCUT2D eigenvalue weighted by atomic mass is 35.5. The summed E-state index contributed by atoms with van der Waals surface area (Å²) in [6.07, 6.45) is 4.88. The van der Waals surface area contributed by atoms with E-state index in [0.29, 0.717) is 18.2 Å². The molecular weight excluding hydrogens is 376 g/mol. The summed E-state index contributed by atoms with van der Waals surface area (Å²) >= 11 is 6.15. The Morgan fingerprint density at radius 3 is 2.54 bits per heavy atom. The summed E-state index contributed by atoms with van der Waals surface area (Å²) < 4.78 is 3.21. The van der Waals surface area contributed by atoms with E-state index in [1.807, 2.05) is 37.3 Å². The Bertz CT molecular complexity index is 1060. The first-order valence-corrected chi connectivity index (χ1v) is 9.20. The lowest BCUT2D eigenvalue weighted by Crippen LogP contribution is -2.20. The Morgan fingerprint density at radius 2 is 1.89 bits per heavy atom. The Hall–Kier alpha value is -3.12. The van der Waals surface area contributed by atoms with Gasteiger partial charge < -0.3 is 9.88 Å². The molecule has 1 aromatic carbocycles. The molecule has 0 saturated heterocycles. The highest BCUT2D eigenvalue weighted by molar-refractivity contribution is 6.31. The van der Waals surface area contributed by atoms with E-state index in [0.717, 1.165) is 22.4 Å². The minimum atomic E-state index is -0.209. The zero-order valence-electron chi connectivity index (χ0n) is 15.7. The Kier molecular flexibility index (Phi) is 6.11. The molecular formula is C21H21ClN4O2. The van der Waals surface area contributed by atoms with E-state index in [9.17, 15) is 9.59 Å². The van der Waals surface area contributed by atoms with E-state index < -0.39 is 0 Å². The van der Waals surface area contributed by atoms with Crippen LogP contribution in [0, 0.1) is 6.92 Å². The van der Waals surface area contributed by atoms with Crippen LogP contribution in [0.15, 0.2) is 59.5 Å². The molecule has 2 heterocycles. The van der Waals surface area contributed by atoms with Gasteiger partial charge >= 0.3 is 0 Å². The fraction of sp³-hybridized carbons (Fsp3) is 0.190. The second kappa shape index (κ2) is 8.71. The second-order valence-corrected chi connectivity index (χ2v) is 6.81. The van der Waals surface area contributed by atoms with Gasteiger partial charge in [-0.15, -0.1) is 0 Å². The van der Waals surface area contributed by atoms with Crippen molar-refractivity contribution >= 4 is 23.6 Å². The average molecular weight is 397 g/mol. The molecule has 0 aliphatic carbocycles. The first-order chi connectivity index (χ1) is 13.4. The summed E-state index contributed by atoms with van der Waals surface area (Å²) in [5.41, 5.74) is 3.46. The van der Waals surface area contributed by atoms with Crippen LogP contribution in [0.25, 0.3) is 6.08 Å². The molecule has 3 aromatic rings. The largest absolute Gasteiger partial charge is 0.348 e. The maximum atomic E-state index is 12.1. The van der Waals surface area contributed by atoms with Gasteiger partial charge in [-0.3, -0.25) is 14.3 Å². The lowest BCUT2D eigenvalue weighted by molar-refractivity contribution is -0.116. The van der Waals surface area contributed by atoms with Crippen molar-refractivity contribution in [1.82, 2.24) is 19.7 Å². The van der Waals surface area contributed by atoms with Gasteiger partial charge in [-0.2, -0.15) is 5.10 Å². The molecule has 2 aromatic heterocycles. The third kappa shape index (κ3) is 4.78. The molecule has 3 rings (SSSR count). The molecule has 0 spiro atoms. The third-order valence-corrected chi connectivity index (χ3v) is 4.79. The van der Waals surface area contributed by atoms with E-state index in [1.165, 1.54) is 12.1 Å². The molecule has 0 fully saturated rings. The summed E-state index contributed by atoms with van der Waals surface area (Å²) in [6.45, 7) is 2.77. The fourth-order valence-corrected chi connectivity index (χ4v) is 3.03. The molecule has 0 unspecified atom stereocenters. The zero-order chi connectivity index (χ0) is 20.1. The number of aromatic nitrogens is 3. The number of amides is 1. The number of carbonyl (C=O) groups is 1. The number of hydrogen-bond donors (Lipinski definition) is 1. The Morgan fingerprint density at radius 1 is 1.18 bits per heavy atom. The lowest BCUT2D eigenvalue weighted by Gasteiger charge is -2.07. The molecule has 28 heavy (non-hydrogen) atoms. The predicted molar refractivity (Wildman–Crippen MR) is 110 cm³/mol. The van der Waals surface area contributed by atoms with Crippen LogP contribution < -0.4 is 10.9 Å². The SMILES string of the molecule is Cc1nn(C)c(Cl)c1/C=C/C(=O)NCc1ccc(Cn2ccccc2=O)cc1. The van der Waals surface area contributed by atoms with Crippen LogP contribution >= 0.6 is 11.6 Å². The topological polar surface area (TPSA) is 68.9 Å². The van der Waals surface area contributed by atoms with Gasteiger partial charge in [0.15, 0.2) is 0 Å². The number of halogens is 1. The van der Waals surface area contributed by atoms with Gasteiger partial charge in [0.25, 0.3) is 5.56 Å². The molecule has 1 N–H and O–H groups in total. The van der Waals surface area contributed by atoms with Crippen molar-refractivity contribution in [3.63, 3.8) is 0 Å². The van der Waals surface area contributed by atoms with E-state index in [-0.39, 0.29) is 11.5 Å². The van der Waals surface area contributed by atoms with Crippen molar-refractivity contribution in [3.8, 4) is 0 Å². The molecule has 1 amide bonds. The summed E-state index contributed by atoms with van der Waals surface area (Å²) in [6, 6.07) is 12.9. The van der Waals surface area contributed by atoms with Crippen LogP contribution in [0.3, 0.4) is 0 Å². The summed E-state index contributed by atoms with van der Waals surface area (Å²) in [5, 5.41) is 7.54. The van der Waals surface area contributed by atoms with Crippen LogP contribution in [0.1, 0.15) is 22.4 Å². The normalized spacial score (nSPS) is 11.1. The smallest absolute Gasteiger partial charge is 0.250 e. The number of rotatable bonds is 6. The maximum Gasteiger partial charge on any atom is 0.250 e. The number of hydrogen-bond acceptors (Lipinski definition) is 3. The van der Waals surface area contributed by atoms with Crippen molar-refractivity contribution in [2.24, 2.45) is 7.05 Å². The average Bonchev–Trinajstić information content (AvgIpc) is 2.93. The standard InChI is InChI=1S/C21H21ClN4O2/c1-15-18(21(22)25(2)24-15)10-11-19(27)23-13-16-6-8-17(9-7-16)14-26-12-4-3-5-20(26)28/h3-12H,13-14H2,1-2H3,(H,23,27)/b11-10+. The Labute approximate surface area is 168 Å². The molecule has 0 saturated carbocycles. The highest BCUT2D eigenvalue weighted by Crippen LogP contribution is 2.19. The molecule has 0 aliphatic heterocycles. The number of pyridine rings is 1. The van der Waals surface area contributed by atoms with Crippen LogP contribution in [0.2, 0.25) is 5.15 Å². The lowest BCUT2D eigenvalue weighted by atomic mass is 10.1. The van der Waals surface area contributed by atoms with Crippen molar-refractivity contribution in [2.75, 3.05) is 0 Å². The van der Waals surface area contributed by atoms with Crippen LogP contribution in [0.5, 0.6) is 0 Å². The summed E-state index contributed by atoms with van der Waals surface area (Å²) in [4.78, 5) is 23.8. The predicted octanol–water partition coefficient (Wildman–Crippen LogP) is 2.92. The van der Waals surface area contributed by atoms with Gasteiger partial charge in [0.1, 0.15) is 5.15 Å². The molecule has 144 valence electrons. The monoisotopic (exact) mass is 396 g/mol. The van der Waals surface area contributed by atoms with E-state index in [2.05, 4.69) is 10.4 Å². The van der Waals surface area contributed by atoms with Crippen molar-refractivity contribution < 1.29 is 4.79 Å². The molecule has 0 radical (unpaired) electrons. The van der Waals surface area contributed by atoms with Crippen LogP contribution in [0.4, 0.5) is 0 Å². The quantitative estimate of drug-likeness (QED) is 0.651. The molecule has 0 bridgehead atoms. The van der Waals surface area contributed by atoms with Gasteiger partial charge in [-0.25, -0.2) is 0 Å². The molecule has 6 nitrogen and oxygen atoms in total. The van der Waals surface area contributed by atoms with Crippen LogP contribution in [-0.4, -0.2) is 20.3 Å². The van der Waals surface area contributed by atoms with E-state index >= 15 is 0 Å². The van der Waals surface area contributed by atoms with E-state index in [4.69, 9.17) is 11.6 Å².